The van der Waals surface area contributed by atoms with Crippen LogP contribution in [0.2, 0.25) is 0 Å². The van der Waals surface area contributed by atoms with E-state index in [0.29, 0.717) is 0 Å². The Morgan fingerprint density at radius 1 is 1.05 bits per heavy atom. The van der Waals surface area contributed by atoms with E-state index in [4.69, 9.17) is 0 Å². The Labute approximate surface area is 130 Å². The summed E-state index contributed by atoms with van der Waals surface area (Å²) in [4.78, 5) is 5.56. The molecule has 2 aromatic rings. The van der Waals surface area contributed by atoms with E-state index in [1.807, 2.05) is 11.3 Å². The third-order valence-corrected chi connectivity index (χ3v) is 5.52. The molecule has 1 N–H and O–H groups in total. The molecule has 1 aromatic carbocycles. The van der Waals surface area contributed by atoms with Gasteiger partial charge in [0, 0.05) is 42.0 Å². The van der Waals surface area contributed by atoms with Crippen LogP contribution in [0.3, 0.4) is 0 Å². The van der Waals surface area contributed by atoms with Gasteiger partial charge in [-0.1, -0.05) is 24.3 Å². The molecule has 0 unspecified atom stereocenters. The van der Waals surface area contributed by atoms with Crippen LogP contribution in [0.1, 0.15) is 33.7 Å². The van der Waals surface area contributed by atoms with Gasteiger partial charge in [-0.15, -0.1) is 11.3 Å². The number of benzene rings is 1. The first kappa shape index (κ1) is 13.5. The molecule has 0 atom stereocenters. The van der Waals surface area contributed by atoms with Crippen molar-refractivity contribution < 1.29 is 0 Å². The molecule has 2 aliphatic rings. The lowest BCUT2D eigenvalue weighted by atomic mass is 10.00. The van der Waals surface area contributed by atoms with E-state index < -0.39 is 0 Å². The van der Waals surface area contributed by atoms with E-state index in [1.165, 1.54) is 46.7 Å². The maximum atomic E-state index is 3.60. The number of nitrogens with one attached hydrogen (secondary N) is 1. The minimum Gasteiger partial charge on any atom is -0.309 e. The van der Waals surface area contributed by atoms with E-state index in [9.17, 15) is 0 Å². The molecule has 1 aliphatic heterocycles. The molecular formula is C18H22N2S. The summed E-state index contributed by atoms with van der Waals surface area (Å²) < 4.78 is 0. The minimum absolute atomic E-state index is 0.800. The van der Waals surface area contributed by atoms with Crippen LogP contribution in [0.4, 0.5) is 0 Å². The molecule has 0 saturated heterocycles. The van der Waals surface area contributed by atoms with Crippen LogP contribution < -0.4 is 5.32 Å². The van der Waals surface area contributed by atoms with Gasteiger partial charge >= 0.3 is 0 Å². The highest BCUT2D eigenvalue weighted by Gasteiger charge is 2.20. The molecule has 2 heterocycles. The predicted octanol–water partition coefficient (Wildman–Crippen LogP) is 3.56. The average Bonchev–Trinajstić information content (AvgIpc) is 3.25. The van der Waals surface area contributed by atoms with Crippen molar-refractivity contribution in [1.29, 1.82) is 0 Å². The van der Waals surface area contributed by atoms with Gasteiger partial charge in [-0.2, -0.15) is 0 Å². The van der Waals surface area contributed by atoms with E-state index in [0.717, 1.165) is 25.7 Å². The van der Waals surface area contributed by atoms with Crippen molar-refractivity contribution in [2.75, 3.05) is 6.54 Å². The second-order valence-electron chi connectivity index (χ2n) is 6.25. The van der Waals surface area contributed by atoms with Gasteiger partial charge in [0.05, 0.1) is 0 Å². The fraction of sp³-hybridized carbons (Fsp3) is 0.444. The summed E-state index contributed by atoms with van der Waals surface area (Å²) in [7, 11) is 0. The number of hydrogen-bond acceptors (Lipinski definition) is 3. The van der Waals surface area contributed by atoms with Crippen molar-refractivity contribution in [3.63, 3.8) is 0 Å². The van der Waals surface area contributed by atoms with Gasteiger partial charge in [0.2, 0.25) is 0 Å². The third-order valence-electron chi connectivity index (χ3n) is 4.45. The van der Waals surface area contributed by atoms with E-state index in [2.05, 4.69) is 46.6 Å². The fourth-order valence-electron chi connectivity index (χ4n) is 3.04. The van der Waals surface area contributed by atoms with Crippen LogP contribution >= 0.6 is 11.3 Å². The maximum Gasteiger partial charge on any atom is 0.0331 e. The van der Waals surface area contributed by atoms with E-state index >= 15 is 0 Å². The minimum atomic E-state index is 0.800. The monoisotopic (exact) mass is 298 g/mol. The van der Waals surface area contributed by atoms with Gasteiger partial charge in [-0.3, -0.25) is 4.90 Å². The molecule has 4 rings (SSSR count). The van der Waals surface area contributed by atoms with Gasteiger partial charge in [0.25, 0.3) is 0 Å². The molecule has 0 bridgehead atoms. The Balaban J connectivity index is 1.35. The van der Waals surface area contributed by atoms with Crippen LogP contribution in [-0.4, -0.2) is 17.5 Å². The largest absolute Gasteiger partial charge is 0.309 e. The fourth-order valence-corrected chi connectivity index (χ4v) is 4.06. The van der Waals surface area contributed by atoms with Gasteiger partial charge in [-0.05, 0) is 42.5 Å². The van der Waals surface area contributed by atoms with E-state index in [1.54, 1.807) is 0 Å². The summed E-state index contributed by atoms with van der Waals surface area (Å²) >= 11 is 1.97. The summed E-state index contributed by atoms with van der Waals surface area (Å²) in [5.41, 5.74) is 3.05. The molecule has 3 heteroatoms. The van der Waals surface area contributed by atoms with Crippen molar-refractivity contribution in [2.45, 2.75) is 44.9 Å². The first-order chi connectivity index (χ1) is 10.4. The van der Waals surface area contributed by atoms with Crippen molar-refractivity contribution >= 4 is 11.3 Å². The molecule has 1 saturated carbocycles. The molecule has 1 aliphatic carbocycles. The molecule has 0 radical (unpaired) electrons. The number of nitrogens with zero attached hydrogens (tertiary/aromatic N) is 1. The lowest BCUT2D eigenvalue weighted by Crippen LogP contribution is -2.29. The van der Waals surface area contributed by atoms with Crippen molar-refractivity contribution in [1.82, 2.24) is 10.2 Å². The van der Waals surface area contributed by atoms with Gasteiger partial charge in [0.1, 0.15) is 0 Å². The molecule has 1 fully saturated rings. The molecule has 0 amide bonds. The zero-order chi connectivity index (χ0) is 14.1. The maximum absolute atomic E-state index is 3.60. The first-order valence-corrected chi connectivity index (χ1v) is 8.78. The Kier molecular flexibility index (Phi) is 3.80. The van der Waals surface area contributed by atoms with Crippen LogP contribution in [0.15, 0.2) is 36.4 Å². The normalized spacial score (nSPS) is 18.7. The van der Waals surface area contributed by atoms with Gasteiger partial charge < -0.3 is 5.32 Å². The van der Waals surface area contributed by atoms with Crippen LogP contribution in [0.5, 0.6) is 0 Å². The van der Waals surface area contributed by atoms with Crippen molar-refractivity contribution in [3.8, 4) is 0 Å². The molecule has 0 spiro atoms. The molecule has 110 valence electrons. The Bertz CT molecular complexity index is 615. The Morgan fingerprint density at radius 2 is 1.86 bits per heavy atom. The summed E-state index contributed by atoms with van der Waals surface area (Å²) in [6, 6.07) is 14.3. The quantitative estimate of drug-likeness (QED) is 0.908. The standard InChI is InChI=1S/C18H22N2S/c1-2-4-15-12-20(10-9-14(15)3-1)13-18-8-7-17(21-18)11-19-16-5-6-16/h1-4,7-8,16,19H,5-6,9-13H2. The zero-order valence-electron chi connectivity index (χ0n) is 12.3. The van der Waals surface area contributed by atoms with Gasteiger partial charge in [0.15, 0.2) is 0 Å². The number of hydrogen-bond donors (Lipinski definition) is 1. The highest BCUT2D eigenvalue weighted by atomic mass is 32.1. The second kappa shape index (κ2) is 5.91. The van der Waals surface area contributed by atoms with E-state index in [-0.39, 0.29) is 0 Å². The smallest absolute Gasteiger partial charge is 0.0331 e. The lowest BCUT2D eigenvalue weighted by molar-refractivity contribution is 0.248. The SMILES string of the molecule is c1ccc2c(c1)CCN(Cc1ccc(CNC3CC3)s1)C2. The Hall–Kier alpha value is -1.16. The topological polar surface area (TPSA) is 15.3 Å². The van der Waals surface area contributed by atoms with Crippen LogP contribution in [-0.2, 0) is 26.1 Å². The van der Waals surface area contributed by atoms with Crippen molar-refractivity contribution in [2.24, 2.45) is 0 Å². The summed E-state index contributed by atoms with van der Waals surface area (Å²) in [5.74, 6) is 0. The molecule has 21 heavy (non-hydrogen) atoms. The average molecular weight is 298 g/mol. The third kappa shape index (κ3) is 3.37. The second-order valence-corrected chi connectivity index (χ2v) is 7.51. The number of fused-ring (bicyclic) bond motifs is 1. The van der Waals surface area contributed by atoms with Gasteiger partial charge in [-0.25, -0.2) is 0 Å². The molecular weight excluding hydrogens is 276 g/mol. The van der Waals surface area contributed by atoms with Crippen LogP contribution in [0.25, 0.3) is 0 Å². The lowest BCUT2D eigenvalue weighted by Gasteiger charge is -2.28. The summed E-state index contributed by atoms with van der Waals surface area (Å²) in [6.45, 7) is 4.44. The van der Waals surface area contributed by atoms with Crippen LogP contribution in [0, 0.1) is 0 Å². The molecule has 1 aromatic heterocycles. The highest BCUT2D eigenvalue weighted by molar-refractivity contribution is 7.11. The number of thiophene rings is 1. The predicted molar refractivity (Wildman–Crippen MR) is 88.4 cm³/mol. The first-order valence-electron chi connectivity index (χ1n) is 7.97. The number of rotatable bonds is 5. The van der Waals surface area contributed by atoms with Crippen molar-refractivity contribution in [3.05, 3.63) is 57.3 Å². The Morgan fingerprint density at radius 3 is 2.71 bits per heavy atom. The molecule has 2 nitrogen and oxygen atoms in total. The summed E-state index contributed by atoms with van der Waals surface area (Å²) in [5, 5.41) is 3.60. The zero-order valence-corrected chi connectivity index (χ0v) is 13.2. The highest BCUT2D eigenvalue weighted by Crippen LogP contribution is 2.25. The summed E-state index contributed by atoms with van der Waals surface area (Å²) in [6.07, 6.45) is 3.93.